The van der Waals surface area contributed by atoms with Gasteiger partial charge in [-0.2, -0.15) is 0 Å². The first-order valence-corrected chi connectivity index (χ1v) is 8.42. The van der Waals surface area contributed by atoms with Gasteiger partial charge in [0.1, 0.15) is 5.82 Å². The van der Waals surface area contributed by atoms with Gasteiger partial charge in [0, 0.05) is 13.6 Å². The molecule has 1 N–H and O–H groups in total. The fourth-order valence-corrected chi connectivity index (χ4v) is 2.83. The number of rotatable bonds is 5. The van der Waals surface area contributed by atoms with Crippen LogP contribution in [-0.2, 0) is 0 Å². The summed E-state index contributed by atoms with van der Waals surface area (Å²) in [6.07, 6.45) is 1.01. The summed E-state index contributed by atoms with van der Waals surface area (Å²) in [6, 6.07) is 13.2. The normalized spacial score (nSPS) is 12.4. The van der Waals surface area contributed by atoms with Gasteiger partial charge < -0.3 is 5.32 Å². The van der Waals surface area contributed by atoms with E-state index in [1.807, 2.05) is 18.2 Å². The summed E-state index contributed by atoms with van der Waals surface area (Å²) in [6.45, 7) is 2.96. The lowest BCUT2D eigenvalue weighted by Gasteiger charge is -2.20. The van der Waals surface area contributed by atoms with Gasteiger partial charge >= 0.3 is 0 Å². The zero-order valence-electron chi connectivity index (χ0n) is 11.2. The van der Waals surface area contributed by atoms with Crippen LogP contribution in [-0.4, -0.2) is 6.54 Å². The van der Waals surface area contributed by atoms with Crippen molar-refractivity contribution in [2.75, 3.05) is 6.54 Å². The molecule has 1 unspecified atom stereocenters. The predicted molar refractivity (Wildman–Crippen MR) is 93.4 cm³/mol. The largest absolute Gasteiger partial charge is 0.306 e. The topological polar surface area (TPSA) is 12.0 Å². The molecule has 0 aromatic heterocycles. The first-order valence-electron chi connectivity index (χ1n) is 6.55. The molecule has 0 amide bonds. The molecule has 0 heterocycles. The van der Waals surface area contributed by atoms with E-state index in [0.29, 0.717) is 5.56 Å². The molecule has 0 aliphatic rings. The van der Waals surface area contributed by atoms with Crippen molar-refractivity contribution in [3.05, 3.63) is 67.5 Å². The summed E-state index contributed by atoms with van der Waals surface area (Å²) in [5.74, 6) is -0.180. The second-order valence-corrected chi connectivity index (χ2v) is 6.77. The summed E-state index contributed by atoms with van der Waals surface area (Å²) in [5.41, 5.74) is 1.75. The van der Waals surface area contributed by atoms with E-state index in [1.54, 1.807) is 6.07 Å². The van der Waals surface area contributed by atoms with Crippen LogP contribution in [0.1, 0.15) is 30.5 Å². The van der Waals surface area contributed by atoms with E-state index in [2.05, 4.69) is 62.9 Å². The van der Waals surface area contributed by atoms with E-state index < -0.39 is 0 Å². The van der Waals surface area contributed by atoms with Gasteiger partial charge in [-0.05, 0) is 71.5 Å². The maximum atomic E-state index is 14.1. The van der Waals surface area contributed by atoms with E-state index in [9.17, 15) is 4.39 Å². The minimum absolute atomic E-state index is 0.121. The van der Waals surface area contributed by atoms with Gasteiger partial charge in [0.15, 0.2) is 0 Å². The number of benzene rings is 2. The Labute approximate surface area is 141 Å². The molecule has 0 radical (unpaired) electrons. The third kappa shape index (κ3) is 4.02. The average Bonchev–Trinajstić information content (AvgIpc) is 2.44. The zero-order valence-corrected chi connectivity index (χ0v) is 14.9. The van der Waals surface area contributed by atoms with Crippen LogP contribution in [0.25, 0.3) is 0 Å². The number of nitrogens with one attached hydrogen (secondary N) is 1. The SMILES string of the molecule is CCCNC(c1ccc(I)cc1)c1cc(Br)ccc1F. The van der Waals surface area contributed by atoms with E-state index in [0.717, 1.165) is 23.0 Å². The first kappa shape index (κ1) is 15.9. The smallest absolute Gasteiger partial charge is 0.128 e. The number of halogens is 3. The predicted octanol–water partition coefficient (Wildman–Crippen LogP) is 5.28. The molecule has 0 aliphatic heterocycles. The van der Waals surface area contributed by atoms with Crippen molar-refractivity contribution in [3.63, 3.8) is 0 Å². The lowest BCUT2D eigenvalue weighted by atomic mass is 9.98. The molecule has 0 spiro atoms. The lowest BCUT2D eigenvalue weighted by Crippen LogP contribution is -2.24. The highest BCUT2D eigenvalue weighted by Gasteiger charge is 2.17. The fourth-order valence-electron chi connectivity index (χ4n) is 2.09. The molecule has 1 nitrogen and oxygen atoms in total. The number of hydrogen-bond acceptors (Lipinski definition) is 1. The summed E-state index contributed by atoms with van der Waals surface area (Å²) in [4.78, 5) is 0. The molecule has 0 saturated carbocycles. The van der Waals surface area contributed by atoms with Crippen molar-refractivity contribution in [1.82, 2.24) is 5.32 Å². The van der Waals surface area contributed by atoms with Crippen LogP contribution in [0.5, 0.6) is 0 Å². The monoisotopic (exact) mass is 447 g/mol. The van der Waals surface area contributed by atoms with Crippen LogP contribution >= 0.6 is 38.5 Å². The Kier molecular flexibility index (Phi) is 5.99. The Hall–Kier alpha value is -0.460. The molecule has 0 saturated heterocycles. The highest BCUT2D eigenvalue weighted by Crippen LogP contribution is 2.27. The molecule has 0 fully saturated rings. The van der Waals surface area contributed by atoms with Crippen molar-refractivity contribution < 1.29 is 4.39 Å². The van der Waals surface area contributed by atoms with E-state index in [4.69, 9.17) is 0 Å². The van der Waals surface area contributed by atoms with Crippen molar-refractivity contribution in [2.45, 2.75) is 19.4 Å². The molecule has 4 heteroatoms. The molecular weight excluding hydrogens is 432 g/mol. The van der Waals surface area contributed by atoms with E-state index >= 15 is 0 Å². The van der Waals surface area contributed by atoms with Gasteiger partial charge in [-0.15, -0.1) is 0 Å². The van der Waals surface area contributed by atoms with E-state index in [-0.39, 0.29) is 11.9 Å². The van der Waals surface area contributed by atoms with Crippen molar-refractivity contribution >= 4 is 38.5 Å². The molecule has 0 aliphatic carbocycles. The molecule has 2 aromatic rings. The van der Waals surface area contributed by atoms with Crippen molar-refractivity contribution in [3.8, 4) is 0 Å². The highest BCUT2D eigenvalue weighted by molar-refractivity contribution is 14.1. The maximum absolute atomic E-state index is 14.1. The Morgan fingerprint density at radius 2 is 1.90 bits per heavy atom. The van der Waals surface area contributed by atoms with Crippen LogP contribution in [0.15, 0.2) is 46.9 Å². The van der Waals surface area contributed by atoms with Gasteiger partial charge in [0.25, 0.3) is 0 Å². The second-order valence-electron chi connectivity index (χ2n) is 4.60. The van der Waals surface area contributed by atoms with Crippen LogP contribution in [0.4, 0.5) is 4.39 Å². The molecule has 106 valence electrons. The quantitative estimate of drug-likeness (QED) is 0.614. The van der Waals surface area contributed by atoms with Gasteiger partial charge in [-0.1, -0.05) is 35.0 Å². The molecule has 2 rings (SSSR count). The van der Waals surface area contributed by atoms with Crippen LogP contribution in [0, 0.1) is 9.39 Å². The van der Waals surface area contributed by atoms with Gasteiger partial charge in [0.05, 0.1) is 6.04 Å². The molecule has 20 heavy (non-hydrogen) atoms. The minimum Gasteiger partial charge on any atom is -0.306 e. The van der Waals surface area contributed by atoms with Gasteiger partial charge in [-0.3, -0.25) is 0 Å². The maximum Gasteiger partial charge on any atom is 0.128 e. The summed E-state index contributed by atoms with van der Waals surface area (Å²) in [7, 11) is 0. The lowest BCUT2D eigenvalue weighted by molar-refractivity contribution is 0.546. The molecule has 0 bridgehead atoms. The Morgan fingerprint density at radius 1 is 1.20 bits per heavy atom. The summed E-state index contributed by atoms with van der Waals surface area (Å²) < 4.78 is 16.2. The summed E-state index contributed by atoms with van der Waals surface area (Å²) in [5, 5.41) is 3.43. The van der Waals surface area contributed by atoms with Gasteiger partial charge in [-0.25, -0.2) is 4.39 Å². The molecular formula is C16H16BrFIN. The van der Waals surface area contributed by atoms with Crippen LogP contribution in [0.2, 0.25) is 0 Å². The van der Waals surface area contributed by atoms with Crippen LogP contribution in [0.3, 0.4) is 0 Å². The van der Waals surface area contributed by atoms with Crippen molar-refractivity contribution in [2.24, 2.45) is 0 Å². The highest BCUT2D eigenvalue weighted by atomic mass is 127. The second kappa shape index (κ2) is 7.52. The third-order valence-corrected chi connectivity index (χ3v) is 4.28. The Bertz CT molecular complexity index is 571. The Morgan fingerprint density at radius 3 is 2.55 bits per heavy atom. The Balaban J connectivity index is 2.41. The minimum atomic E-state index is -0.180. The first-order chi connectivity index (χ1) is 9.61. The standard InChI is InChI=1S/C16H16BrFIN/c1-2-9-20-16(11-3-6-13(19)7-4-11)14-10-12(17)5-8-15(14)18/h3-8,10,16,20H,2,9H2,1H3. The zero-order chi connectivity index (χ0) is 14.5. The third-order valence-electron chi connectivity index (χ3n) is 3.07. The van der Waals surface area contributed by atoms with Crippen LogP contribution < -0.4 is 5.32 Å². The van der Waals surface area contributed by atoms with E-state index in [1.165, 1.54) is 9.64 Å². The molecule has 2 aromatic carbocycles. The summed E-state index contributed by atoms with van der Waals surface area (Å²) >= 11 is 5.69. The molecule has 1 atom stereocenters. The number of hydrogen-bond donors (Lipinski definition) is 1. The fraction of sp³-hybridized carbons (Fsp3) is 0.250. The van der Waals surface area contributed by atoms with Crippen molar-refractivity contribution in [1.29, 1.82) is 0 Å². The van der Waals surface area contributed by atoms with Gasteiger partial charge in [0.2, 0.25) is 0 Å². The average molecular weight is 448 g/mol.